The zero-order valence-corrected chi connectivity index (χ0v) is 14.6. The summed E-state index contributed by atoms with van der Waals surface area (Å²) in [6.07, 6.45) is 0.110. The zero-order chi connectivity index (χ0) is 17.8. The maximum absolute atomic E-state index is 12.1. The van der Waals surface area contributed by atoms with Gasteiger partial charge in [-0.25, -0.2) is 0 Å². The highest BCUT2D eigenvalue weighted by Gasteiger charge is 2.25. The standard InChI is InChI=1S/C19H18ClNO4/c1-13-5-4-6-15(20)14(13)11-19(23)24-10-9-21-16-7-2-3-8-17(16)25-12-18(21)22/h2-8H,9-12H2,1H3. The summed E-state index contributed by atoms with van der Waals surface area (Å²) in [4.78, 5) is 25.7. The van der Waals surface area contributed by atoms with Gasteiger partial charge in [0.15, 0.2) is 6.61 Å². The molecular weight excluding hydrogens is 342 g/mol. The van der Waals surface area contributed by atoms with E-state index in [0.717, 1.165) is 11.1 Å². The number of nitrogens with zero attached hydrogens (tertiary/aromatic N) is 1. The lowest BCUT2D eigenvalue weighted by Crippen LogP contribution is -2.41. The Bertz CT molecular complexity index is 786. The average molecular weight is 360 g/mol. The van der Waals surface area contributed by atoms with E-state index in [1.807, 2.05) is 31.2 Å². The first-order valence-corrected chi connectivity index (χ1v) is 8.36. The van der Waals surface area contributed by atoms with Crippen molar-refractivity contribution in [2.45, 2.75) is 13.3 Å². The minimum absolute atomic E-state index is 0.0101. The summed E-state index contributed by atoms with van der Waals surface area (Å²) in [6, 6.07) is 12.8. The van der Waals surface area contributed by atoms with Crippen LogP contribution in [-0.4, -0.2) is 31.6 Å². The number of carbonyl (C=O) groups excluding carboxylic acids is 2. The highest BCUT2D eigenvalue weighted by atomic mass is 35.5. The third-order valence-electron chi connectivity index (χ3n) is 4.06. The van der Waals surface area contributed by atoms with Crippen molar-refractivity contribution in [3.63, 3.8) is 0 Å². The number of fused-ring (bicyclic) bond motifs is 1. The number of para-hydroxylation sites is 2. The van der Waals surface area contributed by atoms with Crippen molar-refractivity contribution in [1.29, 1.82) is 0 Å². The Balaban J connectivity index is 1.58. The smallest absolute Gasteiger partial charge is 0.310 e. The first kappa shape index (κ1) is 17.3. The third kappa shape index (κ3) is 3.94. The number of ether oxygens (including phenoxy) is 2. The van der Waals surface area contributed by atoms with Gasteiger partial charge in [-0.3, -0.25) is 9.59 Å². The van der Waals surface area contributed by atoms with Crippen LogP contribution in [0.3, 0.4) is 0 Å². The quantitative estimate of drug-likeness (QED) is 0.769. The molecule has 0 aromatic heterocycles. The molecule has 2 aromatic rings. The molecule has 0 radical (unpaired) electrons. The Hall–Kier alpha value is -2.53. The summed E-state index contributed by atoms with van der Waals surface area (Å²) in [5.41, 5.74) is 2.40. The van der Waals surface area contributed by atoms with E-state index >= 15 is 0 Å². The molecule has 0 aliphatic carbocycles. The number of esters is 1. The van der Waals surface area contributed by atoms with E-state index in [0.29, 0.717) is 16.5 Å². The molecule has 130 valence electrons. The van der Waals surface area contributed by atoms with Crippen LogP contribution in [0.4, 0.5) is 5.69 Å². The molecule has 0 saturated heterocycles. The second kappa shape index (κ2) is 7.57. The van der Waals surface area contributed by atoms with Crippen molar-refractivity contribution in [3.8, 4) is 5.75 Å². The van der Waals surface area contributed by atoms with E-state index in [1.165, 1.54) is 0 Å². The number of hydrogen-bond donors (Lipinski definition) is 0. The van der Waals surface area contributed by atoms with Crippen molar-refractivity contribution in [2.24, 2.45) is 0 Å². The lowest BCUT2D eigenvalue weighted by Gasteiger charge is -2.29. The molecule has 5 nitrogen and oxygen atoms in total. The van der Waals surface area contributed by atoms with Crippen LogP contribution in [0.25, 0.3) is 0 Å². The van der Waals surface area contributed by atoms with Crippen molar-refractivity contribution < 1.29 is 19.1 Å². The third-order valence-corrected chi connectivity index (χ3v) is 4.41. The van der Waals surface area contributed by atoms with E-state index in [4.69, 9.17) is 21.1 Å². The first-order chi connectivity index (χ1) is 12.1. The molecule has 0 N–H and O–H groups in total. The van der Waals surface area contributed by atoms with Gasteiger partial charge >= 0.3 is 5.97 Å². The fraction of sp³-hybridized carbons (Fsp3) is 0.263. The predicted molar refractivity (Wildman–Crippen MR) is 95.1 cm³/mol. The number of anilines is 1. The minimum atomic E-state index is -0.370. The van der Waals surface area contributed by atoms with Gasteiger partial charge in [0.2, 0.25) is 0 Å². The second-order valence-corrected chi connectivity index (χ2v) is 6.14. The van der Waals surface area contributed by atoms with Crippen LogP contribution < -0.4 is 9.64 Å². The van der Waals surface area contributed by atoms with E-state index in [-0.39, 0.29) is 38.1 Å². The maximum atomic E-state index is 12.1. The van der Waals surface area contributed by atoms with Gasteiger partial charge in [0.1, 0.15) is 12.4 Å². The number of amides is 1. The Kier molecular flexibility index (Phi) is 5.24. The lowest BCUT2D eigenvalue weighted by molar-refractivity contribution is -0.142. The second-order valence-electron chi connectivity index (χ2n) is 5.73. The van der Waals surface area contributed by atoms with Crippen LogP contribution in [0.5, 0.6) is 5.75 Å². The number of hydrogen-bond acceptors (Lipinski definition) is 4. The molecule has 25 heavy (non-hydrogen) atoms. The van der Waals surface area contributed by atoms with Crippen molar-refractivity contribution in [3.05, 3.63) is 58.6 Å². The Morgan fingerprint density at radius 2 is 2.04 bits per heavy atom. The summed E-state index contributed by atoms with van der Waals surface area (Å²) in [6.45, 7) is 2.29. The number of aryl methyl sites for hydroxylation is 1. The van der Waals surface area contributed by atoms with Gasteiger partial charge in [0.05, 0.1) is 18.7 Å². The molecule has 6 heteroatoms. The largest absolute Gasteiger partial charge is 0.482 e. The Labute approximate surface area is 151 Å². The van der Waals surface area contributed by atoms with Crippen LogP contribution in [0.1, 0.15) is 11.1 Å². The number of carbonyl (C=O) groups is 2. The summed E-state index contributed by atoms with van der Waals surface area (Å²) < 4.78 is 10.7. The van der Waals surface area contributed by atoms with Crippen LogP contribution in [0, 0.1) is 6.92 Å². The van der Waals surface area contributed by atoms with Crippen LogP contribution in [-0.2, 0) is 20.7 Å². The normalized spacial score (nSPS) is 13.2. The Morgan fingerprint density at radius 3 is 2.84 bits per heavy atom. The topological polar surface area (TPSA) is 55.8 Å². The van der Waals surface area contributed by atoms with E-state index in [9.17, 15) is 9.59 Å². The highest BCUT2D eigenvalue weighted by Crippen LogP contribution is 2.31. The van der Waals surface area contributed by atoms with Crippen molar-refractivity contribution in [2.75, 3.05) is 24.7 Å². The summed E-state index contributed by atoms with van der Waals surface area (Å²) in [5.74, 6) is 0.127. The summed E-state index contributed by atoms with van der Waals surface area (Å²) in [7, 11) is 0. The molecule has 0 atom stereocenters. The van der Waals surface area contributed by atoms with Gasteiger partial charge in [0, 0.05) is 5.02 Å². The van der Waals surface area contributed by atoms with Gasteiger partial charge in [-0.15, -0.1) is 0 Å². The van der Waals surface area contributed by atoms with Crippen molar-refractivity contribution >= 4 is 29.2 Å². The SMILES string of the molecule is Cc1cccc(Cl)c1CC(=O)OCCN1C(=O)COc2ccccc21. The van der Waals surface area contributed by atoms with Gasteiger partial charge in [-0.05, 0) is 36.2 Å². The first-order valence-electron chi connectivity index (χ1n) is 7.98. The van der Waals surface area contributed by atoms with E-state index in [1.54, 1.807) is 23.1 Å². The average Bonchev–Trinajstić information content (AvgIpc) is 2.60. The molecule has 1 heterocycles. The van der Waals surface area contributed by atoms with Gasteiger partial charge in [0.25, 0.3) is 5.91 Å². The summed E-state index contributed by atoms with van der Waals surface area (Å²) in [5, 5.41) is 0.550. The monoisotopic (exact) mass is 359 g/mol. The summed E-state index contributed by atoms with van der Waals surface area (Å²) >= 11 is 6.13. The molecule has 1 aliphatic heterocycles. The number of benzene rings is 2. The van der Waals surface area contributed by atoms with E-state index in [2.05, 4.69) is 0 Å². The molecule has 3 rings (SSSR count). The molecule has 1 amide bonds. The molecule has 2 aromatic carbocycles. The zero-order valence-electron chi connectivity index (χ0n) is 13.8. The van der Waals surface area contributed by atoms with Gasteiger partial charge in [-0.2, -0.15) is 0 Å². The lowest BCUT2D eigenvalue weighted by atomic mass is 10.1. The molecule has 0 fully saturated rings. The molecule has 0 unspecified atom stereocenters. The predicted octanol–water partition coefficient (Wildman–Crippen LogP) is 3.16. The van der Waals surface area contributed by atoms with E-state index < -0.39 is 0 Å². The van der Waals surface area contributed by atoms with Crippen LogP contribution >= 0.6 is 11.6 Å². The van der Waals surface area contributed by atoms with Gasteiger partial charge in [-0.1, -0.05) is 35.9 Å². The molecule has 0 saturated carbocycles. The molecule has 0 spiro atoms. The van der Waals surface area contributed by atoms with Crippen LogP contribution in [0.15, 0.2) is 42.5 Å². The maximum Gasteiger partial charge on any atom is 0.310 e. The fourth-order valence-electron chi connectivity index (χ4n) is 2.74. The Morgan fingerprint density at radius 1 is 1.24 bits per heavy atom. The highest BCUT2D eigenvalue weighted by molar-refractivity contribution is 6.31. The van der Waals surface area contributed by atoms with Crippen molar-refractivity contribution in [1.82, 2.24) is 0 Å². The minimum Gasteiger partial charge on any atom is -0.482 e. The van der Waals surface area contributed by atoms with Crippen LogP contribution in [0.2, 0.25) is 5.02 Å². The molecular formula is C19H18ClNO4. The number of rotatable bonds is 5. The fourth-order valence-corrected chi connectivity index (χ4v) is 3.02. The molecule has 1 aliphatic rings. The number of halogens is 1. The molecule has 0 bridgehead atoms. The van der Waals surface area contributed by atoms with Gasteiger partial charge < -0.3 is 14.4 Å².